The number of esters is 1. The molecule has 9 nitrogen and oxygen atoms in total. The number of Topliss-reactive ketones (excluding diaryl/α,β-unsaturated/α-hetero) is 1. The first kappa shape index (κ1) is 29.3. The third kappa shape index (κ3) is 5.73. The molecule has 3 rings (SSSR count). The Kier molecular flexibility index (Phi) is 9.27. The molecule has 0 aromatic heterocycles. The number of ether oxygens (including phenoxy) is 3. The van der Waals surface area contributed by atoms with E-state index in [0.717, 1.165) is 18.5 Å². The van der Waals surface area contributed by atoms with Crippen LogP contribution in [0.4, 0.5) is 5.69 Å². The summed E-state index contributed by atoms with van der Waals surface area (Å²) in [5.74, 6) is -1.06. The minimum Gasteiger partial charge on any atom is -0.496 e. The number of carbonyl (C=O) groups is 3. The summed E-state index contributed by atoms with van der Waals surface area (Å²) in [7, 11) is 4.99. The van der Waals surface area contributed by atoms with E-state index >= 15 is 0 Å². The average molecular weight is 547 g/mol. The van der Waals surface area contributed by atoms with Gasteiger partial charge in [0.15, 0.2) is 5.78 Å². The second kappa shape index (κ2) is 12.0. The van der Waals surface area contributed by atoms with Gasteiger partial charge in [-0.05, 0) is 52.9 Å². The van der Waals surface area contributed by atoms with Crippen LogP contribution in [0.2, 0.25) is 5.02 Å². The number of ketones is 1. The normalized spacial score (nSPS) is 17.4. The molecular weight excluding hydrogens is 512 g/mol. The molecule has 2 aromatic rings. The van der Waals surface area contributed by atoms with Crippen LogP contribution in [-0.4, -0.2) is 74.2 Å². The van der Waals surface area contributed by atoms with Crippen molar-refractivity contribution >= 4 is 35.0 Å². The van der Waals surface area contributed by atoms with E-state index in [1.54, 1.807) is 6.07 Å². The van der Waals surface area contributed by atoms with Gasteiger partial charge in [0.05, 0.1) is 42.1 Å². The Morgan fingerprint density at radius 2 is 1.87 bits per heavy atom. The van der Waals surface area contributed by atoms with Crippen molar-refractivity contribution in [1.82, 2.24) is 4.90 Å². The molecule has 1 aliphatic heterocycles. The molecule has 1 fully saturated rings. The predicted octanol–water partition coefficient (Wildman–Crippen LogP) is 5.10. The Hall–Kier alpha value is -3.30. The Morgan fingerprint density at radius 1 is 1.18 bits per heavy atom. The fraction of sp³-hybridized carbons (Fsp3) is 0.464. The molecule has 2 unspecified atom stereocenters. The molecule has 0 saturated carbocycles. The van der Waals surface area contributed by atoms with E-state index in [1.807, 2.05) is 27.0 Å². The molecule has 1 saturated heterocycles. The summed E-state index contributed by atoms with van der Waals surface area (Å²) in [5.41, 5.74) is 2.35. The number of hydrogen-bond acceptors (Lipinski definition) is 8. The van der Waals surface area contributed by atoms with Crippen molar-refractivity contribution in [2.45, 2.75) is 52.1 Å². The zero-order valence-electron chi connectivity index (χ0n) is 22.8. The van der Waals surface area contributed by atoms with Gasteiger partial charge in [-0.25, -0.2) is 4.79 Å². The number of nitrogens with zero attached hydrogens (tertiary/aromatic N) is 1. The summed E-state index contributed by atoms with van der Waals surface area (Å²) in [6, 6.07) is 4.68. The molecule has 1 heterocycles. The van der Waals surface area contributed by atoms with Crippen LogP contribution in [0.1, 0.15) is 66.3 Å². The lowest BCUT2D eigenvalue weighted by molar-refractivity contribution is -0.142. The lowest BCUT2D eigenvalue weighted by atomic mass is 9.84. The Morgan fingerprint density at radius 3 is 2.39 bits per heavy atom. The minimum atomic E-state index is -1.16. The number of aromatic carboxylic acids is 1. The first-order chi connectivity index (χ1) is 17.9. The summed E-state index contributed by atoms with van der Waals surface area (Å²) >= 11 is 6.59. The van der Waals surface area contributed by atoms with E-state index in [4.69, 9.17) is 25.8 Å². The third-order valence-electron chi connectivity index (χ3n) is 6.80. The Labute approximate surface area is 228 Å². The smallest absolute Gasteiger partial charge is 0.337 e. The van der Waals surface area contributed by atoms with E-state index < -0.39 is 5.97 Å². The molecule has 0 radical (unpaired) electrons. The molecule has 0 spiro atoms. The van der Waals surface area contributed by atoms with Crippen LogP contribution in [0.25, 0.3) is 11.1 Å². The number of hydrogen-bond donors (Lipinski definition) is 2. The quantitative estimate of drug-likeness (QED) is 0.310. The molecular formula is C28H35ClN2O7. The molecule has 0 bridgehead atoms. The highest BCUT2D eigenvalue weighted by Crippen LogP contribution is 2.50. The standard InChI is InChI=1S/C28H35ClN2O7/c1-14(2)30-26-18(8-9-19(25(26)29)28(34)35)24-22(36-6)12-20(27(37-7)23(24)15(3)32)17-10-11-31(5)21(17)13-38-16(4)33/h8-9,12,14,17,21,30H,10-11,13H2,1-7H3,(H,34,35). The maximum Gasteiger partial charge on any atom is 0.337 e. The fourth-order valence-corrected chi connectivity index (χ4v) is 5.42. The van der Waals surface area contributed by atoms with E-state index in [0.29, 0.717) is 33.9 Å². The van der Waals surface area contributed by atoms with Crippen LogP contribution >= 0.6 is 11.6 Å². The van der Waals surface area contributed by atoms with Crippen molar-refractivity contribution in [3.05, 3.63) is 39.9 Å². The van der Waals surface area contributed by atoms with Gasteiger partial charge < -0.3 is 24.6 Å². The van der Waals surface area contributed by atoms with Crippen molar-refractivity contribution in [3.63, 3.8) is 0 Å². The van der Waals surface area contributed by atoms with Gasteiger partial charge in [-0.3, -0.25) is 14.5 Å². The van der Waals surface area contributed by atoms with Gasteiger partial charge >= 0.3 is 11.9 Å². The van der Waals surface area contributed by atoms with Crippen LogP contribution in [0.15, 0.2) is 18.2 Å². The molecule has 2 atom stereocenters. The van der Waals surface area contributed by atoms with Crippen molar-refractivity contribution in [2.24, 2.45) is 0 Å². The number of carbonyl (C=O) groups excluding carboxylic acids is 2. The number of halogens is 1. The molecule has 10 heteroatoms. The molecule has 0 aliphatic carbocycles. The second-order valence-electron chi connectivity index (χ2n) is 9.71. The third-order valence-corrected chi connectivity index (χ3v) is 7.20. The number of nitrogens with one attached hydrogen (secondary N) is 1. The summed E-state index contributed by atoms with van der Waals surface area (Å²) in [6.07, 6.45) is 0.762. The topological polar surface area (TPSA) is 114 Å². The van der Waals surface area contributed by atoms with Crippen molar-refractivity contribution in [3.8, 4) is 22.6 Å². The number of rotatable bonds is 10. The number of carboxylic acids is 1. The number of carboxylic acid groups (broad SMARTS) is 1. The number of likely N-dealkylation sites (tertiary alicyclic amines) is 1. The van der Waals surface area contributed by atoms with Crippen LogP contribution in [0, 0.1) is 0 Å². The summed E-state index contributed by atoms with van der Waals surface area (Å²) in [4.78, 5) is 38.7. The van der Waals surface area contributed by atoms with Gasteiger partial charge in [0.1, 0.15) is 18.1 Å². The number of methoxy groups -OCH3 is 2. The van der Waals surface area contributed by atoms with E-state index in [1.165, 1.54) is 34.1 Å². The highest BCUT2D eigenvalue weighted by Gasteiger charge is 2.38. The highest BCUT2D eigenvalue weighted by molar-refractivity contribution is 6.37. The zero-order chi connectivity index (χ0) is 28.3. The number of likely N-dealkylation sites (N-methyl/N-ethyl adjacent to an activating group) is 1. The second-order valence-corrected chi connectivity index (χ2v) is 10.1. The van der Waals surface area contributed by atoms with Crippen LogP contribution < -0.4 is 14.8 Å². The van der Waals surface area contributed by atoms with Crippen LogP contribution in [-0.2, 0) is 9.53 Å². The average Bonchev–Trinajstić information content (AvgIpc) is 3.21. The van der Waals surface area contributed by atoms with E-state index in [-0.39, 0.29) is 46.9 Å². The van der Waals surface area contributed by atoms with Crippen LogP contribution in [0.3, 0.4) is 0 Å². The SMILES string of the molecule is COc1cc(C2CCN(C)C2COC(C)=O)c(OC)c(C(C)=O)c1-c1ccc(C(=O)O)c(Cl)c1NC(C)C. The number of anilines is 1. The first-order valence-corrected chi connectivity index (χ1v) is 12.8. The molecule has 206 valence electrons. The first-order valence-electron chi connectivity index (χ1n) is 12.4. The largest absolute Gasteiger partial charge is 0.496 e. The fourth-order valence-electron chi connectivity index (χ4n) is 5.12. The van der Waals surface area contributed by atoms with Gasteiger partial charge in [-0.2, -0.15) is 0 Å². The van der Waals surface area contributed by atoms with Gasteiger partial charge in [0, 0.05) is 35.6 Å². The molecule has 2 N–H and O–H groups in total. The maximum absolute atomic E-state index is 13.2. The molecule has 0 amide bonds. The van der Waals surface area contributed by atoms with Crippen molar-refractivity contribution in [1.29, 1.82) is 0 Å². The lowest BCUT2D eigenvalue weighted by Gasteiger charge is -2.28. The van der Waals surface area contributed by atoms with Crippen molar-refractivity contribution < 1.29 is 33.7 Å². The minimum absolute atomic E-state index is 0.0298. The maximum atomic E-state index is 13.2. The molecule has 38 heavy (non-hydrogen) atoms. The monoisotopic (exact) mass is 546 g/mol. The molecule has 2 aromatic carbocycles. The summed E-state index contributed by atoms with van der Waals surface area (Å²) in [5, 5.41) is 12.9. The van der Waals surface area contributed by atoms with Gasteiger partial charge in [0.25, 0.3) is 0 Å². The summed E-state index contributed by atoms with van der Waals surface area (Å²) < 4.78 is 17.1. The van der Waals surface area contributed by atoms with Crippen LogP contribution in [0.5, 0.6) is 11.5 Å². The van der Waals surface area contributed by atoms with Gasteiger partial charge in [-0.15, -0.1) is 0 Å². The Bertz CT molecular complexity index is 1240. The lowest BCUT2D eigenvalue weighted by Crippen LogP contribution is -2.34. The zero-order valence-corrected chi connectivity index (χ0v) is 23.6. The van der Waals surface area contributed by atoms with Crippen molar-refractivity contribution in [2.75, 3.05) is 39.7 Å². The highest BCUT2D eigenvalue weighted by atomic mass is 35.5. The van der Waals surface area contributed by atoms with E-state index in [9.17, 15) is 19.5 Å². The predicted molar refractivity (Wildman–Crippen MR) is 146 cm³/mol. The van der Waals surface area contributed by atoms with Gasteiger partial charge in [-0.1, -0.05) is 17.7 Å². The number of benzene rings is 2. The van der Waals surface area contributed by atoms with E-state index in [2.05, 4.69) is 10.2 Å². The summed E-state index contributed by atoms with van der Waals surface area (Å²) in [6.45, 7) is 7.60. The Balaban J connectivity index is 2.34. The molecule has 1 aliphatic rings. The van der Waals surface area contributed by atoms with Gasteiger partial charge in [0.2, 0.25) is 0 Å².